The topological polar surface area (TPSA) is 78.4 Å². The number of carbonyl (C=O) groups excluding carboxylic acids is 1. The molecule has 0 spiro atoms. The van der Waals surface area contributed by atoms with Crippen LogP contribution in [-0.2, 0) is 10.3 Å². The second-order valence-electron chi connectivity index (χ2n) is 4.97. The van der Waals surface area contributed by atoms with Crippen LogP contribution in [0, 0.1) is 5.82 Å². The third-order valence-electron chi connectivity index (χ3n) is 3.33. The van der Waals surface area contributed by atoms with Gasteiger partial charge in [-0.3, -0.25) is 4.79 Å². The van der Waals surface area contributed by atoms with E-state index in [1.807, 2.05) is 0 Å². The van der Waals surface area contributed by atoms with E-state index in [0.29, 0.717) is 13.0 Å². The van der Waals surface area contributed by atoms with Crippen molar-refractivity contribution in [3.8, 4) is 0 Å². The summed E-state index contributed by atoms with van der Waals surface area (Å²) in [6, 6.07) is 5.86. The van der Waals surface area contributed by atoms with Gasteiger partial charge in [-0.15, -0.1) is 0 Å². The molecule has 2 amide bonds. The van der Waals surface area contributed by atoms with Gasteiger partial charge in [0, 0.05) is 13.0 Å². The normalized spacial score (nSPS) is 15.4. The largest absolute Gasteiger partial charge is 0.481 e. The highest BCUT2D eigenvalue weighted by atomic mass is 19.1. The molecule has 0 bridgehead atoms. The fourth-order valence-electron chi connectivity index (χ4n) is 2.10. The summed E-state index contributed by atoms with van der Waals surface area (Å²) in [6.07, 6.45) is 1.96. The van der Waals surface area contributed by atoms with Crippen molar-refractivity contribution in [3.05, 3.63) is 35.6 Å². The predicted molar refractivity (Wildman–Crippen MR) is 70.7 cm³/mol. The molecule has 0 radical (unpaired) electrons. The lowest BCUT2D eigenvalue weighted by Gasteiger charge is -2.18. The van der Waals surface area contributed by atoms with Crippen LogP contribution in [0.5, 0.6) is 0 Å². The second-order valence-corrected chi connectivity index (χ2v) is 4.97. The van der Waals surface area contributed by atoms with E-state index in [4.69, 9.17) is 5.11 Å². The van der Waals surface area contributed by atoms with Crippen molar-refractivity contribution in [1.82, 2.24) is 10.6 Å². The molecule has 0 atom stereocenters. The van der Waals surface area contributed by atoms with Crippen molar-refractivity contribution in [3.63, 3.8) is 0 Å². The molecule has 5 nitrogen and oxygen atoms in total. The van der Waals surface area contributed by atoms with Crippen molar-refractivity contribution in [2.75, 3.05) is 6.54 Å². The summed E-state index contributed by atoms with van der Waals surface area (Å²) < 4.78 is 13.2. The molecule has 20 heavy (non-hydrogen) atoms. The molecule has 2 rings (SSSR count). The fraction of sp³-hybridized carbons (Fsp3) is 0.429. The Labute approximate surface area is 116 Å². The summed E-state index contributed by atoms with van der Waals surface area (Å²) in [5.74, 6) is -1.21. The quantitative estimate of drug-likeness (QED) is 0.697. The second kappa shape index (κ2) is 5.90. The van der Waals surface area contributed by atoms with Crippen LogP contribution in [0.4, 0.5) is 9.18 Å². The van der Waals surface area contributed by atoms with E-state index in [9.17, 15) is 14.0 Å². The van der Waals surface area contributed by atoms with Crippen LogP contribution in [0.15, 0.2) is 24.3 Å². The molecule has 0 aliphatic heterocycles. The van der Waals surface area contributed by atoms with Crippen molar-refractivity contribution >= 4 is 12.0 Å². The molecular formula is C14H17FN2O3. The van der Waals surface area contributed by atoms with Gasteiger partial charge in [0.2, 0.25) is 0 Å². The smallest absolute Gasteiger partial charge is 0.315 e. The zero-order chi connectivity index (χ0) is 14.6. The van der Waals surface area contributed by atoms with Crippen LogP contribution < -0.4 is 10.6 Å². The van der Waals surface area contributed by atoms with Gasteiger partial charge < -0.3 is 15.7 Å². The fourth-order valence-corrected chi connectivity index (χ4v) is 2.10. The van der Waals surface area contributed by atoms with E-state index in [1.54, 1.807) is 12.1 Å². The maximum absolute atomic E-state index is 13.2. The summed E-state index contributed by atoms with van der Waals surface area (Å²) in [6.45, 7) is 0.303. The van der Waals surface area contributed by atoms with Gasteiger partial charge in [0.25, 0.3) is 0 Å². The van der Waals surface area contributed by atoms with Gasteiger partial charge in [-0.1, -0.05) is 12.1 Å². The van der Waals surface area contributed by atoms with E-state index < -0.39 is 11.5 Å². The highest BCUT2D eigenvalue weighted by Crippen LogP contribution is 2.45. The number of carboxylic acids is 1. The molecule has 0 aromatic heterocycles. The molecule has 1 fully saturated rings. The van der Waals surface area contributed by atoms with E-state index in [2.05, 4.69) is 10.6 Å². The maximum atomic E-state index is 13.2. The van der Waals surface area contributed by atoms with Gasteiger partial charge in [0.1, 0.15) is 5.82 Å². The van der Waals surface area contributed by atoms with Crippen LogP contribution >= 0.6 is 0 Å². The number of aliphatic carboxylic acids is 1. The summed E-state index contributed by atoms with van der Waals surface area (Å²) in [7, 11) is 0. The Morgan fingerprint density at radius 3 is 2.70 bits per heavy atom. The van der Waals surface area contributed by atoms with Gasteiger partial charge in [-0.05, 0) is 37.0 Å². The molecule has 6 heteroatoms. The third kappa shape index (κ3) is 3.69. The Bertz CT molecular complexity index is 515. The lowest BCUT2D eigenvalue weighted by Crippen LogP contribution is -2.42. The van der Waals surface area contributed by atoms with Crippen LogP contribution in [0.1, 0.15) is 31.2 Å². The van der Waals surface area contributed by atoms with Gasteiger partial charge in [0.15, 0.2) is 0 Å². The minimum Gasteiger partial charge on any atom is -0.481 e. The summed E-state index contributed by atoms with van der Waals surface area (Å²) in [4.78, 5) is 22.1. The van der Waals surface area contributed by atoms with Crippen molar-refractivity contribution in [2.24, 2.45) is 0 Å². The first-order chi connectivity index (χ1) is 9.52. The Kier molecular flexibility index (Phi) is 4.22. The van der Waals surface area contributed by atoms with Crippen molar-refractivity contribution in [2.45, 2.75) is 31.2 Å². The van der Waals surface area contributed by atoms with Crippen molar-refractivity contribution < 1.29 is 19.1 Å². The zero-order valence-corrected chi connectivity index (χ0v) is 11.0. The first kappa shape index (κ1) is 14.3. The monoisotopic (exact) mass is 280 g/mol. The molecule has 1 aliphatic rings. The number of carboxylic acid groups (broad SMARTS) is 1. The zero-order valence-electron chi connectivity index (χ0n) is 11.0. The molecule has 0 heterocycles. The number of amides is 2. The van der Waals surface area contributed by atoms with E-state index in [0.717, 1.165) is 18.4 Å². The average molecular weight is 280 g/mol. The van der Waals surface area contributed by atoms with Gasteiger partial charge in [0.05, 0.1) is 5.54 Å². The highest BCUT2D eigenvalue weighted by Gasteiger charge is 2.45. The first-order valence-corrected chi connectivity index (χ1v) is 6.56. The Balaban J connectivity index is 1.83. The van der Waals surface area contributed by atoms with E-state index in [1.165, 1.54) is 12.1 Å². The van der Waals surface area contributed by atoms with Crippen LogP contribution in [0.25, 0.3) is 0 Å². The predicted octanol–water partition coefficient (Wildman–Crippen LogP) is 1.98. The molecule has 3 N–H and O–H groups in total. The SMILES string of the molecule is O=C(O)CCCNC(=O)NC1(c2cccc(F)c2)CC1. The maximum Gasteiger partial charge on any atom is 0.315 e. The summed E-state index contributed by atoms with van der Waals surface area (Å²) in [5.41, 5.74) is 0.289. The average Bonchev–Trinajstić information content (AvgIpc) is 3.15. The number of nitrogens with one attached hydrogen (secondary N) is 2. The third-order valence-corrected chi connectivity index (χ3v) is 3.33. The number of hydrogen-bond donors (Lipinski definition) is 3. The number of hydrogen-bond acceptors (Lipinski definition) is 2. The molecule has 1 aliphatic carbocycles. The van der Waals surface area contributed by atoms with Crippen molar-refractivity contribution in [1.29, 1.82) is 0 Å². The number of benzene rings is 1. The van der Waals surface area contributed by atoms with E-state index in [-0.39, 0.29) is 18.3 Å². The molecular weight excluding hydrogens is 263 g/mol. The number of carbonyl (C=O) groups is 2. The molecule has 1 aromatic rings. The molecule has 1 aromatic carbocycles. The summed E-state index contributed by atoms with van der Waals surface area (Å²) in [5, 5.41) is 13.9. The van der Waals surface area contributed by atoms with Crippen LogP contribution in [-0.4, -0.2) is 23.7 Å². The lowest BCUT2D eigenvalue weighted by atomic mass is 10.1. The number of halogens is 1. The van der Waals surface area contributed by atoms with Gasteiger partial charge in [-0.25, -0.2) is 9.18 Å². The van der Waals surface area contributed by atoms with Gasteiger partial charge in [-0.2, -0.15) is 0 Å². The van der Waals surface area contributed by atoms with Crippen LogP contribution in [0.3, 0.4) is 0 Å². The Morgan fingerprint density at radius 1 is 1.35 bits per heavy atom. The molecule has 1 saturated carbocycles. The minimum absolute atomic E-state index is 0.0231. The molecule has 108 valence electrons. The highest BCUT2D eigenvalue weighted by molar-refractivity contribution is 5.75. The standard InChI is InChI=1S/C14H17FN2O3/c15-11-4-1-3-10(9-11)14(6-7-14)17-13(20)16-8-2-5-12(18)19/h1,3-4,9H,2,5-8H2,(H,18,19)(H2,16,17,20). The Morgan fingerprint density at radius 2 is 2.10 bits per heavy atom. The lowest BCUT2D eigenvalue weighted by molar-refractivity contribution is -0.137. The number of urea groups is 1. The molecule has 0 saturated heterocycles. The molecule has 0 unspecified atom stereocenters. The number of rotatable bonds is 6. The minimum atomic E-state index is -0.884. The Hall–Kier alpha value is -2.11. The van der Waals surface area contributed by atoms with Gasteiger partial charge >= 0.3 is 12.0 Å². The summed E-state index contributed by atoms with van der Waals surface area (Å²) >= 11 is 0. The first-order valence-electron chi connectivity index (χ1n) is 6.56. The van der Waals surface area contributed by atoms with E-state index >= 15 is 0 Å². The van der Waals surface area contributed by atoms with Crippen LogP contribution in [0.2, 0.25) is 0 Å².